The molecule has 2 N–H and O–H groups in total. The third-order valence-corrected chi connectivity index (χ3v) is 3.51. The molecule has 1 aromatic carbocycles. The van der Waals surface area contributed by atoms with Crippen molar-refractivity contribution in [2.45, 2.75) is 0 Å². The van der Waals surface area contributed by atoms with Gasteiger partial charge in [-0.3, -0.25) is 0 Å². The van der Waals surface area contributed by atoms with Crippen LogP contribution in [0.3, 0.4) is 0 Å². The van der Waals surface area contributed by atoms with E-state index in [0.717, 1.165) is 9.09 Å². The Morgan fingerprint density at radius 2 is 2.05 bits per heavy atom. The summed E-state index contributed by atoms with van der Waals surface area (Å²) in [6.45, 7) is 0. The molecule has 0 saturated heterocycles. The van der Waals surface area contributed by atoms with E-state index in [9.17, 15) is 4.39 Å². The van der Waals surface area contributed by atoms with Crippen LogP contribution in [0.1, 0.15) is 0 Å². The van der Waals surface area contributed by atoms with Crippen molar-refractivity contribution in [3.63, 3.8) is 0 Å². The average Bonchev–Trinajstić information content (AvgIpc) is 2.76. The fourth-order valence-electron chi connectivity index (χ4n) is 1.78. The molecule has 19 heavy (non-hydrogen) atoms. The summed E-state index contributed by atoms with van der Waals surface area (Å²) < 4.78 is 22.0. The van der Waals surface area contributed by atoms with Crippen molar-refractivity contribution in [3.8, 4) is 11.5 Å². The van der Waals surface area contributed by atoms with Crippen LogP contribution in [0, 0.1) is 9.39 Å². The third-order valence-electron chi connectivity index (χ3n) is 2.64. The third kappa shape index (κ3) is 2.23. The fourth-order valence-corrected chi connectivity index (χ4v) is 2.45. The van der Waals surface area contributed by atoms with Crippen LogP contribution in [0.2, 0.25) is 0 Å². The predicted octanol–water partition coefficient (Wildman–Crippen LogP) is 3.45. The Morgan fingerprint density at radius 3 is 2.84 bits per heavy atom. The highest BCUT2D eigenvalue weighted by Gasteiger charge is 2.11. The molecule has 2 aromatic heterocycles. The summed E-state index contributed by atoms with van der Waals surface area (Å²) in [4.78, 5) is 0. The SMILES string of the molecule is Nc1ccc(Oc2ccnn3ccc(I)c23)c(F)c1. The second-order valence-electron chi connectivity index (χ2n) is 3.94. The molecule has 0 aliphatic carbocycles. The summed E-state index contributed by atoms with van der Waals surface area (Å²) in [5, 5.41) is 4.16. The number of nitrogen functional groups attached to an aromatic ring is 1. The van der Waals surface area contributed by atoms with Gasteiger partial charge < -0.3 is 10.5 Å². The van der Waals surface area contributed by atoms with E-state index in [4.69, 9.17) is 10.5 Å². The lowest BCUT2D eigenvalue weighted by atomic mass is 10.3. The molecule has 96 valence electrons. The summed E-state index contributed by atoms with van der Waals surface area (Å²) in [5.41, 5.74) is 6.68. The maximum atomic E-state index is 13.7. The molecule has 3 aromatic rings. The smallest absolute Gasteiger partial charge is 0.167 e. The van der Waals surface area contributed by atoms with Gasteiger partial charge in [-0.25, -0.2) is 8.91 Å². The van der Waals surface area contributed by atoms with Gasteiger partial charge in [0.15, 0.2) is 17.3 Å². The average molecular weight is 369 g/mol. The summed E-state index contributed by atoms with van der Waals surface area (Å²) in [6, 6.07) is 7.95. The standard InChI is InChI=1S/C13H9FIN3O/c14-9-7-8(16)1-2-11(9)19-12-3-5-17-18-6-4-10(15)13(12)18/h1-7H,16H2. The van der Waals surface area contributed by atoms with Crippen molar-refractivity contribution in [1.82, 2.24) is 9.61 Å². The first-order chi connectivity index (χ1) is 9.15. The molecular weight excluding hydrogens is 360 g/mol. The van der Waals surface area contributed by atoms with Gasteiger partial charge >= 0.3 is 0 Å². The number of anilines is 1. The zero-order chi connectivity index (χ0) is 13.4. The van der Waals surface area contributed by atoms with Crippen LogP contribution in [0.4, 0.5) is 10.1 Å². The minimum Gasteiger partial charge on any atom is -0.452 e. The Kier molecular flexibility index (Phi) is 3.02. The van der Waals surface area contributed by atoms with Gasteiger partial charge in [-0.1, -0.05) is 0 Å². The number of rotatable bonds is 2. The fraction of sp³-hybridized carbons (Fsp3) is 0. The van der Waals surface area contributed by atoms with Crippen LogP contribution in [0.15, 0.2) is 42.7 Å². The van der Waals surface area contributed by atoms with E-state index in [-0.39, 0.29) is 5.75 Å². The highest BCUT2D eigenvalue weighted by molar-refractivity contribution is 14.1. The number of ether oxygens (including phenoxy) is 1. The summed E-state index contributed by atoms with van der Waals surface area (Å²) >= 11 is 2.18. The summed E-state index contributed by atoms with van der Waals surface area (Å²) in [5.74, 6) is 0.198. The van der Waals surface area contributed by atoms with E-state index >= 15 is 0 Å². The number of hydrogen-bond acceptors (Lipinski definition) is 3. The molecule has 0 aliphatic heterocycles. The van der Waals surface area contributed by atoms with Gasteiger partial charge in [0, 0.05) is 27.6 Å². The number of nitrogens with two attached hydrogens (primary N) is 1. The minimum absolute atomic E-state index is 0.138. The first kappa shape index (κ1) is 12.2. The molecule has 0 spiro atoms. The first-order valence-corrected chi connectivity index (χ1v) is 6.58. The molecule has 2 heterocycles. The lowest BCUT2D eigenvalue weighted by Gasteiger charge is -2.09. The van der Waals surface area contributed by atoms with Gasteiger partial charge in [0.25, 0.3) is 0 Å². The molecule has 6 heteroatoms. The number of aromatic nitrogens is 2. The van der Waals surface area contributed by atoms with Gasteiger partial charge in [-0.15, -0.1) is 0 Å². The lowest BCUT2D eigenvalue weighted by Crippen LogP contribution is -1.95. The highest BCUT2D eigenvalue weighted by atomic mass is 127. The minimum atomic E-state index is -0.489. The largest absolute Gasteiger partial charge is 0.452 e. The molecule has 0 radical (unpaired) electrons. The maximum Gasteiger partial charge on any atom is 0.167 e. The summed E-state index contributed by atoms with van der Waals surface area (Å²) in [7, 11) is 0. The van der Waals surface area contributed by atoms with Gasteiger partial charge in [0.2, 0.25) is 0 Å². The van der Waals surface area contributed by atoms with E-state index in [1.165, 1.54) is 12.1 Å². The van der Waals surface area contributed by atoms with Crippen LogP contribution >= 0.6 is 22.6 Å². The lowest BCUT2D eigenvalue weighted by molar-refractivity contribution is 0.444. The maximum absolute atomic E-state index is 13.7. The Bertz CT molecular complexity index is 757. The number of hydrogen-bond donors (Lipinski definition) is 1. The number of halogens is 2. The van der Waals surface area contributed by atoms with Crippen molar-refractivity contribution < 1.29 is 9.13 Å². The topological polar surface area (TPSA) is 52.5 Å². The molecule has 0 fully saturated rings. The normalized spacial score (nSPS) is 10.8. The Balaban J connectivity index is 2.08. The summed E-state index contributed by atoms with van der Waals surface area (Å²) in [6.07, 6.45) is 3.43. The van der Waals surface area contributed by atoms with Crippen LogP contribution in [-0.4, -0.2) is 9.61 Å². The van der Waals surface area contributed by atoms with E-state index in [1.807, 2.05) is 12.3 Å². The molecular formula is C13H9FIN3O. The Hall–Kier alpha value is -1.83. The van der Waals surface area contributed by atoms with Crippen LogP contribution < -0.4 is 10.5 Å². The predicted molar refractivity (Wildman–Crippen MR) is 78.8 cm³/mol. The Morgan fingerprint density at radius 1 is 1.21 bits per heavy atom. The van der Waals surface area contributed by atoms with Gasteiger partial charge in [0.05, 0.1) is 6.20 Å². The molecule has 0 unspecified atom stereocenters. The van der Waals surface area contributed by atoms with E-state index in [2.05, 4.69) is 27.7 Å². The van der Waals surface area contributed by atoms with Crippen molar-refractivity contribution in [1.29, 1.82) is 0 Å². The van der Waals surface area contributed by atoms with Crippen molar-refractivity contribution >= 4 is 33.8 Å². The monoisotopic (exact) mass is 369 g/mol. The molecule has 0 bridgehead atoms. The number of benzene rings is 1. The van der Waals surface area contributed by atoms with Crippen molar-refractivity contribution in [2.75, 3.05) is 5.73 Å². The van der Waals surface area contributed by atoms with Gasteiger partial charge in [-0.2, -0.15) is 5.10 Å². The van der Waals surface area contributed by atoms with Crippen LogP contribution in [0.5, 0.6) is 11.5 Å². The zero-order valence-corrected chi connectivity index (χ0v) is 11.8. The molecule has 0 aliphatic rings. The quantitative estimate of drug-likeness (QED) is 0.556. The van der Waals surface area contributed by atoms with Gasteiger partial charge in [0.1, 0.15) is 5.52 Å². The van der Waals surface area contributed by atoms with E-state index < -0.39 is 5.82 Å². The zero-order valence-electron chi connectivity index (χ0n) is 9.68. The van der Waals surface area contributed by atoms with E-state index in [1.54, 1.807) is 22.8 Å². The Labute approximate surface area is 122 Å². The molecule has 0 atom stereocenters. The number of fused-ring (bicyclic) bond motifs is 1. The van der Waals surface area contributed by atoms with Crippen molar-refractivity contribution in [3.05, 3.63) is 52.1 Å². The van der Waals surface area contributed by atoms with E-state index in [0.29, 0.717) is 11.4 Å². The van der Waals surface area contributed by atoms with Crippen LogP contribution in [0.25, 0.3) is 5.52 Å². The highest BCUT2D eigenvalue weighted by Crippen LogP contribution is 2.31. The molecule has 3 rings (SSSR count). The first-order valence-electron chi connectivity index (χ1n) is 5.50. The van der Waals surface area contributed by atoms with Gasteiger partial charge in [-0.05, 0) is 40.8 Å². The van der Waals surface area contributed by atoms with Crippen molar-refractivity contribution in [2.24, 2.45) is 0 Å². The molecule has 0 saturated carbocycles. The molecule has 0 amide bonds. The second-order valence-corrected chi connectivity index (χ2v) is 5.11. The second kappa shape index (κ2) is 4.69. The van der Waals surface area contributed by atoms with Crippen LogP contribution in [-0.2, 0) is 0 Å². The molecule has 4 nitrogen and oxygen atoms in total. The number of nitrogens with zero attached hydrogens (tertiary/aromatic N) is 2.